The number of carboxylic acid groups (broad SMARTS) is 1. The summed E-state index contributed by atoms with van der Waals surface area (Å²) >= 11 is 12.3. The molecule has 148 valence electrons. The van der Waals surface area contributed by atoms with Crippen LogP contribution < -0.4 is 10.1 Å². The number of unbranched alkanes of at least 4 members (excludes halogenated alkanes) is 1. The van der Waals surface area contributed by atoms with Crippen molar-refractivity contribution >= 4 is 41.2 Å². The zero-order valence-corrected chi connectivity index (χ0v) is 16.2. The number of nitrogens with zero attached hydrogens (tertiary/aromatic N) is 1. The Morgan fingerprint density at radius 1 is 1.30 bits per heavy atom. The van der Waals surface area contributed by atoms with Gasteiger partial charge in [-0.05, 0) is 25.0 Å². The molecular formula is C17H20Cl2N2O6. The molecule has 1 aromatic carbocycles. The third-order valence-electron chi connectivity index (χ3n) is 3.49. The Bertz CT molecular complexity index is 736. The summed E-state index contributed by atoms with van der Waals surface area (Å²) in [5.41, 5.74) is 0.445. The molecule has 0 fully saturated rings. The normalized spacial score (nSPS) is 11.1. The summed E-state index contributed by atoms with van der Waals surface area (Å²) in [7, 11) is 0. The molecule has 1 rings (SSSR count). The second-order valence-corrected chi connectivity index (χ2v) is 6.26. The van der Waals surface area contributed by atoms with E-state index in [2.05, 4.69) is 5.32 Å². The monoisotopic (exact) mass is 418 g/mol. The summed E-state index contributed by atoms with van der Waals surface area (Å²) in [5.74, 6) is -1.10. The van der Waals surface area contributed by atoms with E-state index in [1.54, 1.807) is 19.1 Å². The molecule has 0 aliphatic heterocycles. The van der Waals surface area contributed by atoms with Crippen molar-refractivity contribution in [2.45, 2.75) is 32.6 Å². The molecular weight excluding hydrogens is 399 g/mol. The highest BCUT2D eigenvalue weighted by Crippen LogP contribution is 2.36. The SMILES string of the molecule is CCC(=Cc1ccc(OCCCCC(=O)NCC(=O)O)c(Cl)c1Cl)[N+](=O)[O-]. The molecule has 0 saturated heterocycles. The number of aliphatic carboxylic acids is 1. The first-order chi connectivity index (χ1) is 12.8. The maximum Gasteiger partial charge on any atom is 0.322 e. The minimum absolute atomic E-state index is 0.0165. The van der Waals surface area contributed by atoms with Gasteiger partial charge in [0, 0.05) is 24.5 Å². The number of carbonyl (C=O) groups excluding carboxylic acids is 1. The number of carbonyl (C=O) groups is 2. The van der Waals surface area contributed by atoms with Crippen molar-refractivity contribution < 1.29 is 24.4 Å². The zero-order chi connectivity index (χ0) is 20.4. The van der Waals surface area contributed by atoms with Crippen LogP contribution in [-0.2, 0) is 9.59 Å². The Labute approximate surface area is 166 Å². The Morgan fingerprint density at radius 2 is 2.00 bits per heavy atom. The second-order valence-electron chi connectivity index (χ2n) is 5.50. The van der Waals surface area contributed by atoms with Crippen LogP contribution in [0, 0.1) is 10.1 Å². The van der Waals surface area contributed by atoms with Crippen molar-refractivity contribution in [2.24, 2.45) is 0 Å². The summed E-state index contributed by atoms with van der Waals surface area (Å²) < 4.78 is 5.53. The number of hydrogen-bond acceptors (Lipinski definition) is 5. The average Bonchev–Trinajstić information content (AvgIpc) is 2.62. The van der Waals surface area contributed by atoms with Gasteiger partial charge in [0.15, 0.2) is 0 Å². The quantitative estimate of drug-likeness (QED) is 0.320. The van der Waals surface area contributed by atoms with Crippen LogP contribution in [0.15, 0.2) is 17.8 Å². The maximum atomic E-state index is 11.4. The Hall–Kier alpha value is -2.32. The van der Waals surface area contributed by atoms with Gasteiger partial charge in [0.25, 0.3) is 0 Å². The van der Waals surface area contributed by atoms with Gasteiger partial charge in [0.05, 0.1) is 16.6 Å². The zero-order valence-electron chi connectivity index (χ0n) is 14.7. The molecule has 0 unspecified atom stereocenters. The molecule has 0 aliphatic carbocycles. The van der Waals surface area contributed by atoms with Gasteiger partial charge >= 0.3 is 5.97 Å². The fraction of sp³-hybridized carbons (Fsp3) is 0.412. The molecule has 0 heterocycles. The molecule has 0 spiro atoms. The van der Waals surface area contributed by atoms with Crippen LogP contribution in [0.2, 0.25) is 10.0 Å². The van der Waals surface area contributed by atoms with Crippen LogP contribution in [0.4, 0.5) is 0 Å². The molecule has 1 aromatic rings. The molecule has 27 heavy (non-hydrogen) atoms. The van der Waals surface area contributed by atoms with Gasteiger partial charge in [0.1, 0.15) is 17.3 Å². The summed E-state index contributed by atoms with van der Waals surface area (Å²) in [4.78, 5) is 32.1. The van der Waals surface area contributed by atoms with E-state index in [9.17, 15) is 19.7 Å². The van der Waals surface area contributed by atoms with E-state index in [1.807, 2.05) is 0 Å². The average molecular weight is 419 g/mol. The molecule has 0 radical (unpaired) electrons. The van der Waals surface area contributed by atoms with Crippen LogP contribution in [-0.4, -0.2) is 35.1 Å². The van der Waals surface area contributed by atoms with E-state index in [1.165, 1.54) is 6.08 Å². The standard InChI is InChI=1S/C17H20Cl2N2O6/c1-2-12(21(25)26)9-11-6-7-13(17(19)16(11)18)27-8-4-3-5-14(22)20-10-15(23)24/h6-7,9H,2-5,8,10H2,1H3,(H,20,22)(H,23,24). The number of benzene rings is 1. The van der Waals surface area contributed by atoms with Crippen molar-refractivity contribution in [3.63, 3.8) is 0 Å². The predicted molar refractivity (Wildman–Crippen MR) is 102 cm³/mol. The Balaban J connectivity index is 2.55. The first kappa shape index (κ1) is 22.7. The molecule has 8 nitrogen and oxygen atoms in total. The number of hydrogen-bond donors (Lipinski definition) is 2. The van der Waals surface area contributed by atoms with Crippen LogP contribution in [0.1, 0.15) is 38.2 Å². The van der Waals surface area contributed by atoms with E-state index in [0.717, 1.165) is 0 Å². The lowest BCUT2D eigenvalue weighted by Gasteiger charge is -2.10. The molecule has 0 bridgehead atoms. The highest BCUT2D eigenvalue weighted by molar-refractivity contribution is 6.43. The number of nitrogens with one attached hydrogen (secondary N) is 1. The lowest BCUT2D eigenvalue weighted by atomic mass is 10.1. The highest BCUT2D eigenvalue weighted by Gasteiger charge is 2.14. The van der Waals surface area contributed by atoms with Gasteiger partial charge in [-0.1, -0.05) is 30.1 Å². The number of nitro groups is 1. The molecule has 0 aromatic heterocycles. The second kappa shape index (κ2) is 11.4. The number of carboxylic acids is 1. The fourth-order valence-corrected chi connectivity index (χ4v) is 2.50. The molecule has 0 saturated carbocycles. The van der Waals surface area contributed by atoms with E-state index >= 15 is 0 Å². The summed E-state index contributed by atoms with van der Waals surface area (Å²) in [5, 5.41) is 22.0. The largest absolute Gasteiger partial charge is 0.492 e. The number of rotatable bonds is 11. The topological polar surface area (TPSA) is 119 Å². The van der Waals surface area contributed by atoms with Crippen LogP contribution in [0.5, 0.6) is 5.75 Å². The lowest BCUT2D eigenvalue weighted by molar-refractivity contribution is -0.425. The Kier molecular flexibility index (Phi) is 9.60. The van der Waals surface area contributed by atoms with Crippen molar-refractivity contribution in [1.29, 1.82) is 0 Å². The molecule has 2 N–H and O–H groups in total. The van der Waals surface area contributed by atoms with E-state index in [4.69, 9.17) is 33.0 Å². The van der Waals surface area contributed by atoms with Crippen molar-refractivity contribution in [3.8, 4) is 5.75 Å². The number of ether oxygens (including phenoxy) is 1. The summed E-state index contributed by atoms with van der Waals surface area (Å²) in [6.45, 7) is 1.55. The molecule has 10 heteroatoms. The van der Waals surface area contributed by atoms with Crippen LogP contribution >= 0.6 is 23.2 Å². The Morgan fingerprint density at radius 3 is 2.59 bits per heavy atom. The minimum Gasteiger partial charge on any atom is -0.492 e. The van der Waals surface area contributed by atoms with E-state index in [-0.39, 0.29) is 41.1 Å². The third kappa shape index (κ3) is 7.84. The first-order valence-electron chi connectivity index (χ1n) is 8.20. The third-order valence-corrected chi connectivity index (χ3v) is 4.37. The highest BCUT2D eigenvalue weighted by atomic mass is 35.5. The summed E-state index contributed by atoms with van der Waals surface area (Å²) in [6.07, 6.45) is 2.88. The minimum atomic E-state index is -1.10. The van der Waals surface area contributed by atoms with E-state index in [0.29, 0.717) is 24.2 Å². The molecule has 1 amide bonds. The number of halogens is 2. The van der Waals surface area contributed by atoms with Gasteiger partial charge in [-0.3, -0.25) is 19.7 Å². The van der Waals surface area contributed by atoms with Gasteiger partial charge in [-0.25, -0.2) is 0 Å². The molecule has 0 atom stereocenters. The van der Waals surface area contributed by atoms with Gasteiger partial charge < -0.3 is 15.2 Å². The smallest absolute Gasteiger partial charge is 0.322 e. The summed E-state index contributed by atoms with van der Waals surface area (Å²) in [6, 6.07) is 3.16. The van der Waals surface area contributed by atoms with Gasteiger partial charge in [0.2, 0.25) is 11.6 Å². The predicted octanol–water partition coefficient (Wildman–Crippen LogP) is 3.77. The lowest BCUT2D eigenvalue weighted by Crippen LogP contribution is -2.28. The first-order valence-corrected chi connectivity index (χ1v) is 8.96. The fourth-order valence-electron chi connectivity index (χ4n) is 2.07. The van der Waals surface area contributed by atoms with Crippen molar-refractivity contribution in [2.75, 3.05) is 13.2 Å². The van der Waals surface area contributed by atoms with Crippen LogP contribution in [0.25, 0.3) is 6.08 Å². The van der Waals surface area contributed by atoms with Crippen molar-refractivity contribution in [3.05, 3.63) is 43.6 Å². The molecule has 0 aliphatic rings. The van der Waals surface area contributed by atoms with Gasteiger partial charge in [-0.2, -0.15) is 0 Å². The maximum absolute atomic E-state index is 11.4. The van der Waals surface area contributed by atoms with Gasteiger partial charge in [-0.15, -0.1) is 0 Å². The van der Waals surface area contributed by atoms with E-state index < -0.39 is 17.4 Å². The van der Waals surface area contributed by atoms with Crippen LogP contribution in [0.3, 0.4) is 0 Å². The van der Waals surface area contributed by atoms with Crippen molar-refractivity contribution in [1.82, 2.24) is 5.32 Å². The number of amides is 1. The number of allylic oxidation sites excluding steroid dienone is 1.